The van der Waals surface area contributed by atoms with Gasteiger partial charge in [0.1, 0.15) is 18.8 Å². The van der Waals surface area contributed by atoms with E-state index < -0.39 is 17.4 Å². The van der Waals surface area contributed by atoms with E-state index in [1.54, 1.807) is 19.1 Å². The van der Waals surface area contributed by atoms with Crippen LogP contribution in [0.5, 0.6) is 11.5 Å². The van der Waals surface area contributed by atoms with E-state index >= 15 is 0 Å². The van der Waals surface area contributed by atoms with E-state index in [0.29, 0.717) is 34.7 Å². The van der Waals surface area contributed by atoms with E-state index in [0.717, 1.165) is 0 Å². The topological polar surface area (TPSA) is 84.9 Å². The maximum Gasteiger partial charge on any atom is 0.329 e. The van der Waals surface area contributed by atoms with Gasteiger partial charge in [0.05, 0.1) is 4.47 Å². The van der Waals surface area contributed by atoms with Gasteiger partial charge in [-0.15, -0.1) is 0 Å². The smallest absolute Gasteiger partial charge is 0.329 e. The first kappa shape index (κ1) is 15.6. The molecule has 21 heavy (non-hydrogen) atoms. The van der Waals surface area contributed by atoms with Crippen LogP contribution < -0.4 is 14.8 Å². The van der Waals surface area contributed by atoms with E-state index in [1.807, 2.05) is 0 Å². The summed E-state index contributed by atoms with van der Waals surface area (Å²) in [5.74, 6) is -0.530. The van der Waals surface area contributed by atoms with E-state index in [1.165, 1.54) is 6.92 Å². The normalized spacial score (nSPS) is 16.0. The number of carbonyl (C=O) groups excluding carboxylic acids is 1. The highest BCUT2D eigenvalue weighted by molar-refractivity contribution is 9.10. The molecule has 114 valence electrons. The van der Waals surface area contributed by atoms with E-state index in [2.05, 4.69) is 21.2 Å². The third-order valence-electron chi connectivity index (χ3n) is 3.43. The van der Waals surface area contributed by atoms with Gasteiger partial charge in [-0.1, -0.05) is 6.92 Å². The fourth-order valence-electron chi connectivity index (χ4n) is 1.86. The highest BCUT2D eigenvalue weighted by Crippen LogP contribution is 2.38. The van der Waals surface area contributed by atoms with Crippen molar-refractivity contribution in [2.24, 2.45) is 0 Å². The second-order valence-corrected chi connectivity index (χ2v) is 5.78. The van der Waals surface area contributed by atoms with Crippen LogP contribution in [0.3, 0.4) is 0 Å². The zero-order chi connectivity index (χ0) is 15.6. The van der Waals surface area contributed by atoms with Crippen molar-refractivity contribution >= 4 is 27.8 Å². The molecule has 7 heteroatoms. The van der Waals surface area contributed by atoms with Gasteiger partial charge in [-0.25, -0.2) is 4.79 Å². The molecule has 1 aromatic rings. The number of aliphatic carboxylic acids is 1. The molecule has 1 heterocycles. The standard InChI is InChI=1S/C14H16BrNO5/c1-3-14(2,13(18)19)16-12(17)8-6-9(15)11-10(7-8)20-4-5-21-11/h6-7H,3-5H2,1-2H3,(H,16,17)(H,18,19). The molecular formula is C14H16BrNO5. The molecule has 0 saturated heterocycles. The number of hydrogen-bond acceptors (Lipinski definition) is 4. The van der Waals surface area contributed by atoms with E-state index in [4.69, 9.17) is 9.47 Å². The molecule has 0 radical (unpaired) electrons. The third-order valence-corrected chi connectivity index (χ3v) is 4.02. The first-order valence-corrected chi connectivity index (χ1v) is 7.31. The Hall–Kier alpha value is -1.76. The number of amides is 1. The Morgan fingerprint density at radius 2 is 2.05 bits per heavy atom. The summed E-state index contributed by atoms with van der Waals surface area (Å²) in [6.45, 7) is 4.03. The minimum atomic E-state index is -1.31. The van der Waals surface area contributed by atoms with Gasteiger partial charge < -0.3 is 19.9 Å². The third kappa shape index (κ3) is 3.12. The lowest BCUT2D eigenvalue weighted by Gasteiger charge is -2.25. The largest absolute Gasteiger partial charge is 0.486 e. The van der Waals surface area contributed by atoms with Crippen LogP contribution in [0, 0.1) is 0 Å². The molecule has 6 nitrogen and oxygen atoms in total. The van der Waals surface area contributed by atoms with E-state index in [-0.39, 0.29) is 6.42 Å². The first-order chi connectivity index (χ1) is 9.87. The summed E-state index contributed by atoms with van der Waals surface area (Å²) in [6.07, 6.45) is 0.278. The van der Waals surface area contributed by atoms with Gasteiger partial charge in [-0.05, 0) is 41.4 Å². The van der Waals surface area contributed by atoms with Crippen molar-refractivity contribution in [2.45, 2.75) is 25.8 Å². The second kappa shape index (κ2) is 5.93. The molecule has 1 aliphatic heterocycles. The van der Waals surface area contributed by atoms with Crippen molar-refractivity contribution in [1.29, 1.82) is 0 Å². The van der Waals surface area contributed by atoms with Crippen LogP contribution in [0.2, 0.25) is 0 Å². The number of carbonyl (C=O) groups is 2. The summed E-state index contributed by atoms with van der Waals surface area (Å²) in [4.78, 5) is 23.5. The van der Waals surface area contributed by atoms with Crippen molar-refractivity contribution in [3.63, 3.8) is 0 Å². The van der Waals surface area contributed by atoms with Gasteiger partial charge in [-0.2, -0.15) is 0 Å². The number of fused-ring (bicyclic) bond motifs is 1. The maximum atomic E-state index is 12.3. The van der Waals surface area contributed by atoms with Crippen molar-refractivity contribution in [3.05, 3.63) is 22.2 Å². The molecule has 2 N–H and O–H groups in total. The summed E-state index contributed by atoms with van der Waals surface area (Å²) in [5, 5.41) is 11.7. The average Bonchev–Trinajstić information content (AvgIpc) is 2.46. The molecule has 0 saturated carbocycles. The molecular weight excluding hydrogens is 342 g/mol. The van der Waals surface area contributed by atoms with E-state index in [9.17, 15) is 14.7 Å². The summed E-state index contributed by atoms with van der Waals surface area (Å²) >= 11 is 3.33. The number of nitrogens with one attached hydrogen (secondary N) is 1. The predicted molar refractivity (Wildman–Crippen MR) is 78.9 cm³/mol. The molecule has 1 amide bonds. The van der Waals surface area contributed by atoms with Gasteiger partial charge in [0.25, 0.3) is 5.91 Å². The highest BCUT2D eigenvalue weighted by atomic mass is 79.9. The summed E-state index contributed by atoms with van der Waals surface area (Å²) in [7, 11) is 0. The lowest BCUT2D eigenvalue weighted by molar-refractivity contribution is -0.143. The molecule has 2 rings (SSSR count). The van der Waals surface area contributed by atoms with Gasteiger partial charge in [0, 0.05) is 5.56 Å². The van der Waals surface area contributed by atoms with Crippen molar-refractivity contribution in [2.75, 3.05) is 13.2 Å². The number of carboxylic acid groups (broad SMARTS) is 1. The van der Waals surface area contributed by atoms with Crippen LogP contribution in [0.1, 0.15) is 30.6 Å². The molecule has 0 bridgehead atoms. The lowest BCUT2D eigenvalue weighted by atomic mass is 9.98. The molecule has 0 aliphatic carbocycles. The molecule has 1 aliphatic rings. The average molecular weight is 358 g/mol. The minimum absolute atomic E-state index is 0.278. The van der Waals surface area contributed by atoms with Crippen LogP contribution in [0.15, 0.2) is 16.6 Å². The fourth-order valence-corrected chi connectivity index (χ4v) is 2.41. The minimum Gasteiger partial charge on any atom is -0.486 e. The number of hydrogen-bond donors (Lipinski definition) is 2. The number of rotatable bonds is 4. The van der Waals surface area contributed by atoms with Crippen molar-refractivity contribution in [3.8, 4) is 11.5 Å². The van der Waals surface area contributed by atoms with Crippen LogP contribution >= 0.6 is 15.9 Å². The second-order valence-electron chi connectivity index (χ2n) is 4.93. The fraction of sp³-hybridized carbons (Fsp3) is 0.429. The van der Waals surface area contributed by atoms with Crippen LogP contribution in [-0.4, -0.2) is 35.7 Å². The highest BCUT2D eigenvalue weighted by Gasteiger charge is 2.33. The summed E-state index contributed by atoms with van der Waals surface area (Å²) in [6, 6.07) is 3.13. The van der Waals surface area contributed by atoms with Crippen LogP contribution in [-0.2, 0) is 4.79 Å². The predicted octanol–water partition coefficient (Wildman–Crippen LogP) is 2.20. The molecule has 1 unspecified atom stereocenters. The quantitative estimate of drug-likeness (QED) is 0.862. The molecule has 0 aromatic heterocycles. The molecule has 1 aromatic carbocycles. The Morgan fingerprint density at radius 3 is 2.67 bits per heavy atom. The van der Waals surface area contributed by atoms with Gasteiger partial charge in [0.15, 0.2) is 11.5 Å². The monoisotopic (exact) mass is 357 g/mol. The molecule has 0 fully saturated rings. The zero-order valence-corrected chi connectivity index (χ0v) is 13.3. The Balaban J connectivity index is 2.28. The Morgan fingerprint density at radius 1 is 1.38 bits per heavy atom. The number of ether oxygens (including phenoxy) is 2. The Bertz CT molecular complexity index is 589. The Labute approximate surface area is 130 Å². The molecule has 0 spiro atoms. The SMILES string of the molecule is CCC(C)(NC(=O)c1cc(Br)c2c(c1)OCCO2)C(=O)O. The first-order valence-electron chi connectivity index (χ1n) is 6.52. The van der Waals surface area contributed by atoms with Gasteiger partial charge in [0.2, 0.25) is 0 Å². The van der Waals surface area contributed by atoms with Crippen molar-refractivity contribution in [1.82, 2.24) is 5.32 Å². The molecule has 1 atom stereocenters. The van der Waals surface area contributed by atoms with Crippen LogP contribution in [0.4, 0.5) is 0 Å². The maximum absolute atomic E-state index is 12.3. The van der Waals surface area contributed by atoms with Gasteiger partial charge in [-0.3, -0.25) is 4.79 Å². The number of benzene rings is 1. The van der Waals surface area contributed by atoms with Crippen molar-refractivity contribution < 1.29 is 24.2 Å². The van der Waals surface area contributed by atoms with Crippen LogP contribution in [0.25, 0.3) is 0 Å². The Kier molecular flexibility index (Phi) is 4.41. The summed E-state index contributed by atoms with van der Waals surface area (Å²) < 4.78 is 11.5. The zero-order valence-electron chi connectivity index (χ0n) is 11.7. The number of halogens is 1. The number of carboxylic acids is 1. The lowest BCUT2D eigenvalue weighted by Crippen LogP contribution is -2.51. The summed E-state index contributed by atoms with van der Waals surface area (Å²) in [5.41, 5.74) is -0.997. The van der Waals surface area contributed by atoms with Gasteiger partial charge >= 0.3 is 5.97 Å².